The Morgan fingerprint density at radius 1 is 1.30 bits per heavy atom. The van der Waals surface area contributed by atoms with Gasteiger partial charge < -0.3 is 0 Å². The van der Waals surface area contributed by atoms with Crippen LogP contribution < -0.4 is 0 Å². The molecule has 0 spiro atoms. The highest BCUT2D eigenvalue weighted by Gasteiger charge is 2.29. The topological polar surface area (TPSA) is 94.3 Å². The fourth-order valence-electron chi connectivity index (χ4n) is 1.65. The lowest BCUT2D eigenvalue weighted by Gasteiger charge is -2.16. The highest BCUT2D eigenvalue weighted by atomic mass is 32.2. The standard InChI is InChI=1S/C13H17NO5S/c1-13(2,3)11(15)8-9-6-5-7-10(20(4,18)19)12(9)14(16)17/h5-7H,8H2,1-4H3. The highest BCUT2D eigenvalue weighted by Crippen LogP contribution is 2.30. The molecule has 0 unspecified atom stereocenters. The first-order chi connectivity index (χ1) is 8.94. The molecule has 20 heavy (non-hydrogen) atoms. The van der Waals surface area contributed by atoms with Gasteiger partial charge in [-0.05, 0) is 6.07 Å². The molecule has 0 saturated heterocycles. The minimum absolute atomic E-state index is 0.123. The lowest BCUT2D eigenvalue weighted by Crippen LogP contribution is -2.22. The molecule has 0 heterocycles. The molecule has 0 N–H and O–H groups in total. The van der Waals surface area contributed by atoms with Crippen LogP contribution in [0.1, 0.15) is 26.3 Å². The third-order valence-corrected chi connectivity index (χ3v) is 3.98. The van der Waals surface area contributed by atoms with E-state index in [1.54, 1.807) is 20.8 Å². The van der Waals surface area contributed by atoms with Gasteiger partial charge in [-0.25, -0.2) is 8.42 Å². The van der Waals surface area contributed by atoms with Crippen molar-refractivity contribution in [2.24, 2.45) is 5.41 Å². The van der Waals surface area contributed by atoms with Crippen LogP contribution in [0.2, 0.25) is 0 Å². The van der Waals surface area contributed by atoms with Crippen molar-refractivity contribution < 1.29 is 18.1 Å². The number of para-hydroxylation sites is 1. The molecule has 0 bridgehead atoms. The lowest BCUT2D eigenvalue weighted by molar-refractivity contribution is -0.388. The fourth-order valence-corrected chi connectivity index (χ4v) is 2.54. The van der Waals surface area contributed by atoms with Gasteiger partial charge in [0.1, 0.15) is 10.7 Å². The molecule has 0 aliphatic carbocycles. The predicted molar refractivity (Wildman–Crippen MR) is 74.4 cm³/mol. The summed E-state index contributed by atoms with van der Waals surface area (Å²) in [5.74, 6) is -0.189. The van der Waals surface area contributed by atoms with E-state index in [1.807, 2.05) is 0 Å². The Balaban J connectivity index is 3.43. The van der Waals surface area contributed by atoms with Crippen LogP contribution in [-0.2, 0) is 21.1 Å². The fraction of sp³-hybridized carbons (Fsp3) is 0.462. The van der Waals surface area contributed by atoms with Crippen molar-refractivity contribution in [3.05, 3.63) is 33.9 Å². The Morgan fingerprint density at radius 2 is 1.85 bits per heavy atom. The number of carbonyl (C=O) groups is 1. The summed E-state index contributed by atoms with van der Waals surface area (Å²) in [6.07, 6.45) is 0.744. The van der Waals surface area contributed by atoms with Crippen LogP contribution >= 0.6 is 0 Å². The predicted octanol–water partition coefficient (Wildman–Crippen LogP) is 2.16. The monoisotopic (exact) mass is 299 g/mol. The van der Waals surface area contributed by atoms with Crippen LogP contribution in [0.4, 0.5) is 5.69 Å². The minimum atomic E-state index is -3.73. The molecule has 0 aromatic heterocycles. The molecule has 0 radical (unpaired) electrons. The van der Waals surface area contributed by atoms with Crippen LogP contribution in [0.15, 0.2) is 23.1 Å². The van der Waals surface area contributed by atoms with E-state index >= 15 is 0 Å². The summed E-state index contributed by atoms with van der Waals surface area (Å²) in [7, 11) is -3.73. The number of nitro groups is 1. The highest BCUT2D eigenvalue weighted by molar-refractivity contribution is 7.90. The lowest BCUT2D eigenvalue weighted by atomic mass is 9.87. The third kappa shape index (κ3) is 3.63. The zero-order chi connectivity index (χ0) is 15.7. The van der Waals surface area contributed by atoms with Gasteiger partial charge in [0.05, 0.1) is 4.92 Å². The number of nitro benzene ring substituents is 1. The normalized spacial score (nSPS) is 12.2. The number of carbonyl (C=O) groups excluding carboxylic acids is 1. The maximum absolute atomic E-state index is 12.0. The summed E-state index contributed by atoms with van der Waals surface area (Å²) in [5, 5.41) is 11.2. The van der Waals surface area contributed by atoms with Gasteiger partial charge in [0.2, 0.25) is 0 Å². The Bertz CT molecular complexity index is 656. The molecular weight excluding hydrogens is 282 g/mol. The number of hydrogen-bond donors (Lipinski definition) is 0. The van der Waals surface area contributed by atoms with Crippen molar-refractivity contribution >= 4 is 21.3 Å². The molecule has 110 valence electrons. The van der Waals surface area contributed by atoms with Crippen LogP contribution in [0.3, 0.4) is 0 Å². The number of rotatable bonds is 4. The molecule has 0 aliphatic heterocycles. The van der Waals surface area contributed by atoms with Crippen molar-refractivity contribution in [2.45, 2.75) is 32.1 Å². The minimum Gasteiger partial charge on any atom is -0.299 e. The number of nitrogens with zero attached hydrogens (tertiary/aromatic N) is 1. The molecular formula is C13H17NO5S. The van der Waals surface area contributed by atoms with E-state index in [0.717, 1.165) is 6.26 Å². The first-order valence-corrected chi connectivity index (χ1v) is 7.83. The summed E-state index contributed by atoms with van der Waals surface area (Å²) in [6, 6.07) is 4.00. The molecule has 0 aliphatic rings. The largest absolute Gasteiger partial charge is 0.299 e. The Labute approximate surface area is 117 Å². The number of ketones is 1. The van der Waals surface area contributed by atoms with Crippen molar-refractivity contribution in [1.29, 1.82) is 0 Å². The second-order valence-corrected chi connectivity index (χ2v) is 7.63. The molecule has 0 saturated carbocycles. The summed E-state index contributed by atoms with van der Waals surface area (Å²) in [6.45, 7) is 5.13. The molecule has 1 aromatic rings. The third-order valence-electron chi connectivity index (χ3n) is 2.85. The van der Waals surface area contributed by atoms with Gasteiger partial charge in [-0.2, -0.15) is 0 Å². The Kier molecular flexibility index (Phi) is 4.33. The molecule has 1 aromatic carbocycles. The zero-order valence-electron chi connectivity index (χ0n) is 11.8. The van der Waals surface area contributed by atoms with E-state index in [4.69, 9.17) is 0 Å². The van der Waals surface area contributed by atoms with Crippen molar-refractivity contribution in [3.8, 4) is 0 Å². The van der Waals surface area contributed by atoms with E-state index < -0.39 is 25.9 Å². The van der Waals surface area contributed by atoms with E-state index in [-0.39, 0.29) is 22.7 Å². The van der Waals surface area contributed by atoms with Crippen LogP contribution in [0.25, 0.3) is 0 Å². The molecule has 6 nitrogen and oxygen atoms in total. The summed E-state index contributed by atoms with van der Waals surface area (Å²) in [5.41, 5.74) is -1.03. The number of Topliss-reactive ketones (excluding diaryl/α,β-unsaturated/α-hetero) is 1. The number of sulfone groups is 1. The smallest absolute Gasteiger partial charge is 0.291 e. The van der Waals surface area contributed by atoms with Crippen LogP contribution in [0, 0.1) is 15.5 Å². The van der Waals surface area contributed by atoms with Crippen molar-refractivity contribution in [2.75, 3.05) is 6.26 Å². The number of hydrogen-bond acceptors (Lipinski definition) is 5. The van der Waals surface area contributed by atoms with Gasteiger partial charge >= 0.3 is 0 Å². The van der Waals surface area contributed by atoms with Gasteiger partial charge in [-0.3, -0.25) is 14.9 Å². The van der Waals surface area contributed by atoms with Gasteiger partial charge in [0.25, 0.3) is 5.69 Å². The second-order valence-electron chi connectivity index (χ2n) is 5.64. The summed E-state index contributed by atoms with van der Waals surface area (Å²) in [4.78, 5) is 22.0. The van der Waals surface area contributed by atoms with Gasteiger partial charge in [0.15, 0.2) is 9.84 Å². The zero-order valence-corrected chi connectivity index (χ0v) is 12.7. The quantitative estimate of drug-likeness (QED) is 0.627. The van der Waals surface area contributed by atoms with Crippen molar-refractivity contribution in [3.63, 3.8) is 0 Å². The van der Waals surface area contributed by atoms with E-state index in [9.17, 15) is 23.3 Å². The molecule has 0 fully saturated rings. The first kappa shape index (κ1) is 16.3. The average molecular weight is 299 g/mol. The molecule has 0 amide bonds. The van der Waals surface area contributed by atoms with E-state index in [1.165, 1.54) is 18.2 Å². The molecule has 0 atom stereocenters. The van der Waals surface area contributed by atoms with Gasteiger partial charge in [-0.1, -0.05) is 32.9 Å². The average Bonchev–Trinajstić information content (AvgIpc) is 2.25. The van der Waals surface area contributed by atoms with Crippen molar-refractivity contribution in [1.82, 2.24) is 0 Å². The summed E-state index contributed by atoms with van der Waals surface area (Å²) < 4.78 is 23.2. The number of benzene rings is 1. The van der Waals surface area contributed by atoms with E-state index in [2.05, 4.69) is 0 Å². The van der Waals surface area contributed by atoms with Gasteiger partial charge in [-0.15, -0.1) is 0 Å². The van der Waals surface area contributed by atoms with E-state index in [0.29, 0.717) is 0 Å². The second kappa shape index (κ2) is 5.32. The Hall–Kier alpha value is -1.76. The Morgan fingerprint density at radius 3 is 2.25 bits per heavy atom. The van der Waals surface area contributed by atoms with Crippen LogP contribution in [-0.4, -0.2) is 25.4 Å². The van der Waals surface area contributed by atoms with Crippen LogP contribution in [0.5, 0.6) is 0 Å². The summed E-state index contributed by atoms with van der Waals surface area (Å²) >= 11 is 0. The first-order valence-electron chi connectivity index (χ1n) is 5.94. The molecule has 1 rings (SSSR count). The SMILES string of the molecule is CC(C)(C)C(=O)Cc1cccc(S(C)(=O)=O)c1[N+](=O)[O-]. The van der Waals surface area contributed by atoms with Gasteiger partial charge in [0, 0.05) is 23.7 Å². The maximum atomic E-state index is 12.0. The maximum Gasteiger partial charge on any atom is 0.291 e. The molecule has 7 heteroatoms.